The number of ether oxygens (including phenoxy) is 1. The van der Waals surface area contributed by atoms with Gasteiger partial charge in [0.2, 0.25) is 16.9 Å². The van der Waals surface area contributed by atoms with Gasteiger partial charge in [-0.1, -0.05) is 59.8 Å². The molecule has 41 heavy (non-hydrogen) atoms. The molecular weight excluding hydrogens is 568 g/mol. The van der Waals surface area contributed by atoms with Gasteiger partial charge in [-0.15, -0.1) is 5.10 Å². The highest BCUT2D eigenvalue weighted by Gasteiger charge is 2.36. The number of hydrogen-bond donors (Lipinski definition) is 3. The molecule has 0 fully saturated rings. The second-order valence-corrected chi connectivity index (χ2v) is 10.6. The van der Waals surface area contributed by atoms with E-state index in [1.165, 1.54) is 35.7 Å². The standard InChI is InChI=1S/C28H25ClN6O5S/c1-15-8-4-7-11-20(15)31-26(37)23-16(2)30-27-32-28(41-14-17-9-5-6-10-19(17)29)33-34(27)24(23)18-12-21(35(38)39)25(36)22(13-18)40-3/h4-13,24,36H,14H2,1-3H3,(H,31,37)(H,30,32,33). The Morgan fingerprint density at radius 1 is 1.22 bits per heavy atom. The van der Waals surface area contributed by atoms with Crippen LogP contribution < -0.4 is 15.4 Å². The van der Waals surface area contributed by atoms with Crippen molar-refractivity contribution in [2.24, 2.45) is 0 Å². The molecule has 1 amide bonds. The van der Waals surface area contributed by atoms with Crippen LogP contribution in [0.1, 0.15) is 29.7 Å². The first-order valence-electron chi connectivity index (χ1n) is 12.4. The highest BCUT2D eigenvalue weighted by atomic mass is 35.5. The number of phenols is 1. The summed E-state index contributed by atoms with van der Waals surface area (Å²) in [6.45, 7) is 3.60. The summed E-state index contributed by atoms with van der Waals surface area (Å²) in [4.78, 5) is 29.5. The quantitative estimate of drug-likeness (QED) is 0.126. The Kier molecular flexibility index (Phi) is 7.86. The van der Waals surface area contributed by atoms with Gasteiger partial charge in [0.25, 0.3) is 5.91 Å². The second-order valence-electron chi connectivity index (χ2n) is 9.23. The van der Waals surface area contributed by atoms with Gasteiger partial charge in [-0.05, 0) is 48.7 Å². The summed E-state index contributed by atoms with van der Waals surface area (Å²) in [6, 6.07) is 16.5. The van der Waals surface area contributed by atoms with Crippen LogP contribution in [0.4, 0.5) is 17.3 Å². The zero-order chi connectivity index (χ0) is 29.3. The number of aromatic nitrogens is 3. The monoisotopic (exact) mass is 592 g/mol. The van der Waals surface area contributed by atoms with Gasteiger partial charge in [0.05, 0.1) is 17.6 Å². The molecule has 210 valence electrons. The third-order valence-electron chi connectivity index (χ3n) is 6.60. The fourth-order valence-corrected chi connectivity index (χ4v) is 5.64. The molecule has 2 heterocycles. The van der Waals surface area contributed by atoms with Crippen molar-refractivity contribution < 1.29 is 19.6 Å². The molecule has 13 heteroatoms. The topological polar surface area (TPSA) is 144 Å². The number of rotatable bonds is 8. The smallest absolute Gasteiger partial charge is 0.315 e. The number of allylic oxidation sites excluding steroid dienone is 1. The van der Waals surface area contributed by atoms with Crippen LogP contribution in [-0.4, -0.2) is 37.8 Å². The average molecular weight is 593 g/mol. The molecule has 3 N–H and O–H groups in total. The molecule has 0 aliphatic carbocycles. The highest BCUT2D eigenvalue weighted by Crippen LogP contribution is 2.43. The summed E-state index contributed by atoms with van der Waals surface area (Å²) in [5.74, 6) is -0.318. The minimum Gasteiger partial charge on any atom is -0.500 e. The van der Waals surface area contributed by atoms with E-state index >= 15 is 0 Å². The number of carbonyl (C=O) groups is 1. The first-order chi connectivity index (χ1) is 19.7. The third kappa shape index (κ3) is 5.56. The maximum Gasteiger partial charge on any atom is 0.315 e. The van der Waals surface area contributed by atoms with E-state index in [1.807, 2.05) is 43.3 Å². The van der Waals surface area contributed by atoms with E-state index in [0.29, 0.717) is 38.8 Å². The lowest BCUT2D eigenvalue weighted by atomic mass is 9.94. The van der Waals surface area contributed by atoms with Crippen LogP contribution in [0.3, 0.4) is 0 Å². The van der Waals surface area contributed by atoms with Crippen molar-refractivity contribution in [2.75, 3.05) is 17.7 Å². The number of para-hydroxylation sites is 1. The lowest BCUT2D eigenvalue weighted by Crippen LogP contribution is -2.31. The number of fused-ring (bicyclic) bond motifs is 1. The van der Waals surface area contributed by atoms with Crippen molar-refractivity contribution in [3.8, 4) is 11.5 Å². The zero-order valence-electron chi connectivity index (χ0n) is 22.2. The molecule has 0 bridgehead atoms. The van der Waals surface area contributed by atoms with Crippen LogP contribution in [0.2, 0.25) is 5.02 Å². The van der Waals surface area contributed by atoms with Crippen molar-refractivity contribution in [1.29, 1.82) is 0 Å². The summed E-state index contributed by atoms with van der Waals surface area (Å²) in [5, 5.41) is 34.0. The first kappa shape index (κ1) is 28.0. The van der Waals surface area contributed by atoms with Crippen LogP contribution in [-0.2, 0) is 10.5 Å². The zero-order valence-corrected chi connectivity index (χ0v) is 23.8. The number of aromatic hydroxyl groups is 1. The average Bonchev–Trinajstić information content (AvgIpc) is 3.35. The number of nitrogens with zero attached hydrogens (tertiary/aromatic N) is 4. The number of nitro benzene ring substituents is 1. The largest absolute Gasteiger partial charge is 0.500 e. The van der Waals surface area contributed by atoms with Crippen molar-refractivity contribution in [3.05, 3.63) is 104 Å². The fourth-order valence-electron chi connectivity index (χ4n) is 4.52. The maximum absolute atomic E-state index is 13.8. The van der Waals surface area contributed by atoms with Gasteiger partial charge in [-0.3, -0.25) is 14.9 Å². The fraction of sp³-hybridized carbons (Fsp3) is 0.179. The summed E-state index contributed by atoms with van der Waals surface area (Å²) >= 11 is 7.67. The Morgan fingerprint density at radius 3 is 2.66 bits per heavy atom. The number of phenolic OH excluding ortho intramolecular Hbond substituents is 1. The third-order valence-corrected chi connectivity index (χ3v) is 7.85. The molecule has 1 aliphatic rings. The lowest BCUT2D eigenvalue weighted by molar-refractivity contribution is -0.386. The Labute approximate surface area is 244 Å². The van der Waals surface area contributed by atoms with Crippen molar-refractivity contribution in [3.63, 3.8) is 0 Å². The Balaban J connectivity index is 1.60. The summed E-state index contributed by atoms with van der Waals surface area (Å²) in [7, 11) is 1.29. The molecule has 1 atom stereocenters. The van der Waals surface area contributed by atoms with E-state index in [0.717, 1.165) is 11.1 Å². The molecule has 0 saturated carbocycles. The predicted molar refractivity (Wildman–Crippen MR) is 157 cm³/mol. The van der Waals surface area contributed by atoms with Crippen LogP contribution in [0.15, 0.2) is 77.1 Å². The van der Waals surface area contributed by atoms with E-state index in [9.17, 15) is 20.0 Å². The summed E-state index contributed by atoms with van der Waals surface area (Å²) in [5.41, 5.74) is 2.86. The van der Waals surface area contributed by atoms with E-state index < -0.39 is 28.3 Å². The minimum atomic E-state index is -0.939. The minimum absolute atomic E-state index is 0.112. The predicted octanol–water partition coefficient (Wildman–Crippen LogP) is 6.08. The highest BCUT2D eigenvalue weighted by molar-refractivity contribution is 7.98. The molecule has 1 aliphatic heterocycles. The number of nitrogens with one attached hydrogen (secondary N) is 2. The SMILES string of the molecule is COc1cc(C2C(C(=O)Nc3ccccc3C)=C(C)Nc3nc(SCc4ccccc4Cl)nn32)cc([N+](=O)[O-])c1O. The molecule has 0 saturated heterocycles. The van der Waals surface area contributed by atoms with E-state index in [1.54, 1.807) is 19.1 Å². The molecule has 5 rings (SSSR count). The maximum atomic E-state index is 13.8. The van der Waals surface area contributed by atoms with Crippen LogP contribution in [0.25, 0.3) is 0 Å². The van der Waals surface area contributed by atoms with Crippen molar-refractivity contribution in [1.82, 2.24) is 14.8 Å². The lowest BCUT2D eigenvalue weighted by Gasteiger charge is -2.29. The number of carbonyl (C=O) groups excluding carboxylic acids is 1. The number of benzene rings is 3. The van der Waals surface area contributed by atoms with Crippen molar-refractivity contribution in [2.45, 2.75) is 30.8 Å². The molecule has 1 aromatic heterocycles. The molecule has 0 spiro atoms. The normalized spacial score (nSPS) is 14.3. The second kappa shape index (κ2) is 11.5. The molecule has 11 nitrogen and oxygen atoms in total. The van der Waals surface area contributed by atoms with Gasteiger partial charge in [-0.25, -0.2) is 4.68 Å². The number of anilines is 2. The number of halogens is 1. The Bertz CT molecular complexity index is 1710. The Morgan fingerprint density at radius 2 is 1.95 bits per heavy atom. The molecule has 3 aromatic carbocycles. The van der Waals surface area contributed by atoms with Gasteiger partial charge in [0.15, 0.2) is 5.75 Å². The van der Waals surface area contributed by atoms with Crippen LogP contribution in [0.5, 0.6) is 11.5 Å². The van der Waals surface area contributed by atoms with E-state index in [2.05, 4.69) is 20.7 Å². The van der Waals surface area contributed by atoms with Crippen LogP contribution >= 0.6 is 23.4 Å². The van der Waals surface area contributed by atoms with Crippen molar-refractivity contribution >= 4 is 46.6 Å². The van der Waals surface area contributed by atoms with Gasteiger partial charge in [0.1, 0.15) is 6.04 Å². The molecule has 0 radical (unpaired) electrons. The van der Waals surface area contributed by atoms with Crippen LogP contribution in [0, 0.1) is 17.0 Å². The number of aryl methyl sites for hydroxylation is 1. The van der Waals surface area contributed by atoms with E-state index in [4.69, 9.17) is 16.3 Å². The van der Waals surface area contributed by atoms with E-state index in [-0.39, 0.29) is 11.3 Å². The Hall–Kier alpha value is -4.55. The number of methoxy groups -OCH3 is 1. The summed E-state index contributed by atoms with van der Waals surface area (Å²) in [6.07, 6.45) is 0. The van der Waals surface area contributed by atoms with Gasteiger partial charge >= 0.3 is 5.69 Å². The number of thioether (sulfide) groups is 1. The molecule has 1 unspecified atom stereocenters. The molecular formula is C28H25ClN6O5S. The van der Waals surface area contributed by atoms with Gasteiger partial charge in [-0.2, -0.15) is 4.98 Å². The molecule has 4 aromatic rings. The first-order valence-corrected chi connectivity index (χ1v) is 13.8. The number of hydrogen-bond acceptors (Lipinski definition) is 9. The number of amides is 1. The summed E-state index contributed by atoms with van der Waals surface area (Å²) < 4.78 is 6.75. The van der Waals surface area contributed by atoms with Gasteiger partial charge < -0.3 is 20.5 Å². The number of nitro groups is 1. The van der Waals surface area contributed by atoms with Gasteiger partial charge in [0, 0.05) is 28.2 Å².